The second-order valence-electron chi connectivity index (χ2n) is 5.12. The molecule has 2 N–H and O–H groups in total. The lowest BCUT2D eigenvalue weighted by atomic mass is 10.2. The van der Waals surface area contributed by atoms with Gasteiger partial charge in [-0.2, -0.15) is 5.10 Å². The molecule has 0 radical (unpaired) electrons. The summed E-state index contributed by atoms with van der Waals surface area (Å²) in [5.74, 6) is -0.700. The summed E-state index contributed by atoms with van der Waals surface area (Å²) >= 11 is 1.31. The molecule has 7 heteroatoms. The summed E-state index contributed by atoms with van der Waals surface area (Å²) in [5, 5.41) is 4.99. The van der Waals surface area contributed by atoms with Crippen LogP contribution in [0.2, 0.25) is 0 Å². The Balaban J connectivity index is 1.53. The predicted octanol–water partition coefficient (Wildman–Crippen LogP) is 3.68. The van der Waals surface area contributed by atoms with Crippen LogP contribution in [0.1, 0.15) is 15.4 Å². The third kappa shape index (κ3) is 2.65. The number of H-pyrrole nitrogens is 1. The first-order valence-corrected chi connectivity index (χ1v) is 7.98. The zero-order valence-electron chi connectivity index (χ0n) is 12.3. The molecule has 0 aliphatic heterocycles. The molecule has 0 saturated carbocycles. The Hall–Kier alpha value is -3.06. The van der Waals surface area contributed by atoms with Crippen LogP contribution in [0.5, 0.6) is 0 Å². The van der Waals surface area contributed by atoms with Gasteiger partial charge in [0.25, 0.3) is 5.91 Å². The van der Waals surface area contributed by atoms with E-state index in [1.54, 1.807) is 12.3 Å². The number of thiazole rings is 1. The molecule has 0 saturated heterocycles. The molecule has 4 rings (SSSR count). The fourth-order valence-corrected chi connectivity index (χ4v) is 3.25. The Morgan fingerprint density at radius 3 is 3.04 bits per heavy atom. The molecule has 0 fully saturated rings. The smallest absolute Gasteiger partial charge is 0.300 e. The number of rotatable bonds is 3. The van der Waals surface area contributed by atoms with Gasteiger partial charge in [-0.3, -0.25) is 4.79 Å². The molecule has 0 aliphatic rings. The average Bonchev–Trinajstić information content (AvgIpc) is 3.18. The first-order valence-electron chi connectivity index (χ1n) is 7.16. The van der Waals surface area contributed by atoms with Gasteiger partial charge in [0.1, 0.15) is 5.82 Å². The fourth-order valence-electron chi connectivity index (χ4n) is 2.40. The first-order chi connectivity index (χ1) is 11.7. The van der Waals surface area contributed by atoms with E-state index in [0.29, 0.717) is 16.0 Å². The number of carbonyl (C=O) groups is 1. The molecule has 2 aromatic carbocycles. The van der Waals surface area contributed by atoms with Crippen molar-refractivity contribution in [2.45, 2.75) is 0 Å². The summed E-state index contributed by atoms with van der Waals surface area (Å²) in [6.45, 7) is 0. The van der Waals surface area contributed by atoms with Gasteiger partial charge in [-0.15, -0.1) is 11.3 Å². The molecule has 0 atom stereocenters. The lowest BCUT2D eigenvalue weighted by Gasteiger charge is -1.95. The van der Waals surface area contributed by atoms with Crippen molar-refractivity contribution in [2.75, 3.05) is 0 Å². The molecular weight excluding hydrogens is 327 g/mol. The van der Waals surface area contributed by atoms with Gasteiger partial charge >= 0.3 is 0 Å². The van der Waals surface area contributed by atoms with Crippen LogP contribution in [0.3, 0.4) is 0 Å². The van der Waals surface area contributed by atoms with Crippen molar-refractivity contribution < 1.29 is 9.18 Å². The van der Waals surface area contributed by atoms with Crippen LogP contribution in [0.25, 0.3) is 21.1 Å². The van der Waals surface area contributed by atoms with Crippen LogP contribution in [0.15, 0.2) is 53.8 Å². The fraction of sp³-hybridized carbons (Fsp3) is 0. The minimum Gasteiger partial charge on any atom is -0.361 e. The van der Waals surface area contributed by atoms with E-state index in [0.717, 1.165) is 15.7 Å². The van der Waals surface area contributed by atoms with E-state index in [9.17, 15) is 9.18 Å². The van der Waals surface area contributed by atoms with Crippen LogP contribution in [0.4, 0.5) is 4.39 Å². The Bertz CT molecular complexity index is 1050. The highest BCUT2D eigenvalue weighted by Crippen LogP contribution is 2.21. The van der Waals surface area contributed by atoms with Gasteiger partial charge < -0.3 is 4.98 Å². The van der Waals surface area contributed by atoms with E-state index in [-0.39, 0.29) is 11.7 Å². The lowest BCUT2D eigenvalue weighted by molar-refractivity contribution is 0.0955. The van der Waals surface area contributed by atoms with Crippen LogP contribution >= 0.6 is 11.3 Å². The SMILES string of the molecule is O=C(N/N=C/c1c[nH]c2ccc(F)cc12)c1nc2ccccc2s1. The minimum absolute atomic E-state index is 0.324. The third-order valence-corrected chi connectivity index (χ3v) is 4.57. The van der Waals surface area contributed by atoms with E-state index in [2.05, 4.69) is 20.5 Å². The third-order valence-electron chi connectivity index (χ3n) is 3.53. The Labute approximate surface area is 139 Å². The lowest BCUT2D eigenvalue weighted by Crippen LogP contribution is -2.17. The number of nitrogens with one attached hydrogen (secondary N) is 2. The summed E-state index contributed by atoms with van der Waals surface area (Å²) in [6, 6.07) is 12.0. The molecule has 0 bridgehead atoms. The van der Waals surface area contributed by atoms with Gasteiger partial charge in [-0.1, -0.05) is 12.1 Å². The molecule has 0 aliphatic carbocycles. The standard InChI is InChI=1S/C17H11FN4OS/c18-11-5-6-13-12(7-11)10(8-19-13)9-20-22-16(23)17-21-14-3-1-2-4-15(14)24-17/h1-9,19H,(H,22,23)/b20-9+. The van der Waals surface area contributed by atoms with Crippen LogP contribution < -0.4 is 5.43 Å². The summed E-state index contributed by atoms with van der Waals surface area (Å²) in [4.78, 5) is 19.4. The number of para-hydroxylation sites is 1. The maximum absolute atomic E-state index is 13.3. The molecule has 118 valence electrons. The quantitative estimate of drug-likeness (QED) is 0.442. The zero-order chi connectivity index (χ0) is 16.5. The molecule has 2 heterocycles. The van der Waals surface area contributed by atoms with E-state index >= 15 is 0 Å². The highest BCUT2D eigenvalue weighted by atomic mass is 32.1. The van der Waals surface area contributed by atoms with Crippen molar-refractivity contribution in [2.24, 2.45) is 5.10 Å². The number of nitrogens with zero attached hydrogens (tertiary/aromatic N) is 2. The molecule has 1 amide bonds. The number of amides is 1. The van der Waals surface area contributed by atoms with Crippen molar-refractivity contribution >= 4 is 44.6 Å². The number of carbonyl (C=O) groups excluding carboxylic acids is 1. The summed E-state index contributed by atoms with van der Waals surface area (Å²) in [7, 11) is 0. The van der Waals surface area contributed by atoms with Crippen molar-refractivity contribution in [3.8, 4) is 0 Å². The van der Waals surface area contributed by atoms with Gasteiger partial charge in [0.2, 0.25) is 0 Å². The molecule has 4 aromatic rings. The molecule has 0 spiro atoms. The van der Waals surface area contributed by atoms with Gasteiger partial charge in [0, 0.05) is 22.7 Å². The molecule has 5 nitrogen and oxygen atoms in total. The number of aromatic amines is 1. The second-order valence-corrected chi connectivity index (χ2v) is 6.15. The Morgan fingerprint density at radius 2 is 2.17 bits per heavy atom. The monoisotopic (exact) mass is 338 g/mol. The van der Waals surface area contributed by atoms with Gasteiger partial charge in [0.15, 0.2) is 5.01 Å². The number of hydrogen-bond donors (Lipinski definition) is 2. The number of hydrazone groups is 1. The number of halogens is 1. The summed E-state index contributed by atoms with van der Waals surface area (Å²) in [6.07, 6.45) is 3.18. The zero-order valence-corrected chi connectivity index (χ0v) is 13.1. The Morgan fingerprint density at radius 1 is 1.29 bits per heavy atom. The minimum atomic E-state index is -0.376. The average molecular weight is 338 g/mol. The van der Waals surface area contributed by atoms with Crippen LogP contribution in [-0.4, -0.2) is 22.1 Å². The van der Waals surface area contributed by atoms with Crippen LogP contribution in [-0.2, 0) is 0 Å². The first kappa shape index (κ1) is 14.5. The molecule has 0 unspecified atom stereocenters. The van der Waals surface area contributed by atoms with E-state index in [1.165, 1.54) is 29.7 Å². The van der Waals surface area contributed by atoms with Gasteiger partial charge in [-0.25, -0.2) is 14.8 Å². The van der Waals surface area contributed by atoms with E-state index in [1.807, 2.05) is 24.3 Å². The summed E-state index contributed by atoms with van der Waals surface area (Å²) < 4.78 is 14.3. The van der Waals surface area contributed by atoms with E-state index in [4.69, 9.17) is 0 Å². The maximum atomic E-state index is 13.3. The number of aromatic nitrogens is 2. The second kappa shape index (κ2) is 5.86. The van der Waals surface area contributed by atoms with E-state index < -0.39 is 0 Å². The van der Waals surface area contributed by atoms with Gasteiger partial charge in [0.05, 0.1) is 16.4 Å². The van der Waals surface area contributed by atoms with Crippen molar-refractivity contribution in [3.05, 3.63) is 65.0 Å². The largest absolute Gasteiger partial charge is 0.361 e. The summed E-state index contributed by atoms with van der Waals surface area (Å²) in [5.41, 5.74) is 4.72. The van der Waals surface area contributed by atoms with Crippen molar-refractivity contribution in [1.29, 1.82) is 0 Å². The molecule has 2 aromatic heterocycles. The highest BCUT2D eigenvalue weighted by Gasteiger charge is 2.11. The topological polar surface area (TPSA) is 70.1 Å². The molecule has 24 heavy (non-hydrogen) atoms. The van der Waals surface area contributed by atoms with Gasteiger partial charge in [-0.05, 0) is 30.3 Å². The molecular formula is C17H11FN4OS. The normalized spacial score (nSPS) is 11.5. The Kier molecular flexibility index (Phi) is 3.55. The number of fused-ring (bicyclic) bond motifs is 2. The van der Waals surface area contributed by atoms with Crippen molar-refractivity contribution in [1.82, 2.24) is 15.4 Å². The predicted molar refractivity (Wildman–Crippen MR) is 92.9 cm³/mol. The highest BCUT2D eigenvalue weighted by molar-refractivity contribution is 7.20. The van der Waals surface area contributed by atoms with Crippen LogP contribution in [0, 0.1) is 5.82 Å². The number of hydrogen-bond acceptors (Lipinski definition) is 4. The maximum Gasteiger partial charge on any atom is 0.300 e. The van der Waals surface area contributed by atoms with Crippen molar-refractivity contribution in [3.63, 3.8) is 0 Å². The number of benzene rings is 2.